The lowest BCUT2D eigenvalue weighted by Crippen LogP contribution is -2.42. The van der Waals surface area contributed by atoms with Gasteiger partial charge in [-0.2, -0.15) is 13.2 Å². The molecule has 0 bridgehead atoms. The Hall–Kier alpha value is -3.23. The van der Waals surface area contributed by atoms with Crippen molar-refractivity contribution in [3.63, 3.8) is 0 Å². The van der Waals surface area contributed by atoms with E-state index in [1.54, 1.807) is 11.1 Å². The molecule has 0 unspecified atom stereocenters. The van der Waals surface area contributed by atoms with Crippen LogP contribution in [0.5, 0.6) is 0 Å². The van der Waals surface area contributed by atoms with Crippen molar-refractivity contribution in [1.82, 2.24) is 20.2 Å². The molecular weight excluding hydrogens is 373 g/mol. The van der Waals surface area contributed by atoms with Gasteiger partial charge in [0.1, 0.15) is 6.33 Å². The Morgan fingerprint density at radius 1 is 1.21 bits per heavy atom. The summed E-state index contributed by atoms with van der Waals surface area (Å²) in [5, 5.41) is 2.48. The van der Waals surface area contributed by atoms with E-state index in [-0.39, 0.29) is 12.5 Å². The van der Waals surface area contributed by atoms with Crippen LogP contribution in [0.25, 0.3) is 6.08 Å². The lowest BCUT2D eigenvalue weighted by Gasteiger charge is -2.27. The van der Waals surface area contributed by atoms with E-state index in [1.807, 2.05) is 0 Å². The highest BCUT2D eigenvalue weighted by atomic mass is 19.4. The summed E-state index contributed by atoms with van der Waals surface area (Å²) in [6.45, 7) is 0.742. The van der Waals surface area contributed by atoms with Crippen molar-refractivity contribution < 1.29 is 22.8 Å². The zero-order valence-corrected chi connectivity index (χ0v) is 14.7. The summed E-state index contributed by atoms with van der Waals surface area (Å²) in [5.41, 5.74) is 1.49. The van der Waals surface area contributed by atoms with Gasteiger partial charge in [0, 0.05) is 37.3 Å². The number of aromatic nitrogens is 2. The van der Waals surface area contributed by atoms with Gasteiger partial charge >= 0.3 is 6.18 Å². The van der Waals surface area contributed by atoms with Crippen LogP contribution < -0.4 is 5.32 Å². The molecule has 28 heavy (non-hydrogen) atoms. The van der Waals surface area contributed by atoms with Crippen LogP contribution in [0, 0.1) is 0 Å². The monoisotopic (exact) mass is 390 g/mol. The maximum Gasteiger partial charge on any atom is 0.416 e. The first-order chi connectivity index (χ1) is 13.3. The Morgan fingerprint density at radius 3 is 2.68 bits per heavy atom. The zero-order chi connectivity index (χ0) is 20.1. The largest absolute Gasteiger partial charge is 0.416 e. The average Bonchev–Trinajstić information content (AvgIpc) is 2.69. The molecule has 0 saturated heterocycles. The molecule has 2 amide bonds. The van der Waals surface area contributed by atoms with Crippen LogP contribution in [0.15, 0.2) is 42.9 Å². The summed E-state index contributed by atoms with van der Waals surface area (Å²) < 4.78 is 37.6. The predicted octanol–water partition coefficient (Wildman–Crippen LogP) is 2.21. The summed E-state index contributed by atoms with van der Waals surface area (Å²) in [7, 11) is 0. The van der Waals surface area contributed by atoms with Crippen molar-refractivity contribution in [3.05, 3.63) is 65.2 Å². The minimum Gasteiger partial charge on any atom is -0.343 e. The van der Waals surface area contributed by atoms with Gasteiger partial charge in [0.2, 0.25) is 11.8 Å². The second-order valence-corrected chi connectivity index (χ2v) is 6.23. The summed E-state index contributed by atoms with van der Waals surface area (Å²) in [6, 6.07) is 4.42. The van der Waals surface area contributed by atoms with Gasteiger partial charge in [-0.25, -0.2) is 9.97 Å². The lowest BCUT2D eigenvalue weighted by molar-refractivity contribution is -0.137. The Labute approximate surface area is 159 Å². The molecule has 1 aromatic carbocycles. The third kappa shape index (κ3) is 4.93. The third-order valence-corrected chi connectivity index (χ3v) is 4.29. The molecule has 9 heteroatoms. The second-order valence-electron chi connectivity index (χ2n) is 6.23. The fraction of sp³-hybridized carbons (Fsp3) is 0.263. The molecule has 146 valence electrons. The van der Waals surface area contributed by atoms with Gasteiger partial charge in [-0.3, -0.25) is 9.59 Å². The van der Waals surface area contributed by atoms with Gasteiger partial charge < -0.3 is 10.2 Å². The molecule has 2 heterocycles. The number of carbonyl (C=O) groups is 2. The van der Waals surface area contributed by atoms with Crippen LogP contribution in [0.4, 0.5) is 13.2 Å². The van der Waals surface area contributed by atoms with Crippen LogP contribution in [0.2, 0.25) is 0 Å². The van der Waals surface area contributed by atoms with Crippen LogP contribution in [-0.2, 0) is 28.7 Å². The highest BCUT2D eigenvalue weighted by Crippen LogP contribution is 2.29. The number of amides is 2. The minimum absolute atomic E-state index is 0.167. The van der Waals surface area contributed by atoms with Crippen LogP contribution >= 0.6 is 0 Å². The van der Waals surface area contributed by atoms with E-state index in [9.17, 15) is 22.8 Å². The van der Waals surface area contributed by atoms with Crippen molar-refractivity contribution >= 4 is 17.9 Å². The number of hydrogen-bond donors (Lipinski definition) is 1. The highest BCUT2D eigenvalue weighted by Gasteiger charge is 2.29. The van der Waals surface area contributed by atoms with E-state index in [1.165, 1.54) is 30.6 Å². The van der Waals surface area contributed by atoms with E-state index in [0.29, 0.717) is 25.1 Å². The lowest BCUT2D eigenvalue weighted by atomic mass is 10.1. The predicted molar refractivity (Wildman–Crippen MR) is 94.6 cm³/mol. The van der Waals surface area contributed by atoms with Crippen LogP contribution in [0.3, 0.4) is 0 Å². The number of benzene rings is 1. The molecule has 0 aliphatic carbocycles. The summed E-state index contributed by atoms with van der Waals surface area (Å²) in [4.78, 5) is 33.9. The SMILES string of the molecule is O=C(/C=C/c1ccc(C(F)(F)F)cc1)NCC(=O)N1CCc2ncncc2C1. The Bertz CT molecular complexity index is 895. The summed E-state index contributed by atoms with van der Waals surface area (Å²) in [6.07, 6.45) is 1.93. The first-order valence-electron chi connectivity index (χ1n) is 8.51. The normalized spacial score (nSPS) is 14.0. The number of nitrogens with zero attached hydrogens (tertiary/aromatic N) is 3. The molecule has 0 saturated carbocycles. The fourth-order valence-electron chi connectivity index (χ4n) is 2.77. The quantitative estimate of drug-likeness (QED) is 0.813. The summed E-state index contributed by atoms with van der Waals surface area (Å²) >= 11 is 0. The zero-order valence-electron chi connectivity index (χ0n) is 14.7. The molecule has 1 aliphatic rings. The number of fused-ring (bicyclic) bond motifs is 1. The Kier molecular flexibility index (Phi) is 5.72. The number of halogens is 3. The first-order valence-corrected chi connectivity index (χ1v) is 8.51. The number of carbonyl (C=O) groups excluding carboxylic acids is 2. The molecule has 0 spiro atoms. The number of alkyl halides is 3. The van der Waals surface area contributed by atoms with Gasteiger partial charge in [0.05, 0.1) is 17.8 Å². The van der Waals surface area contributed by atoms with Gasteiger partial charge in [-0.15, -0.1) is 0 Å². The fourth-order valence-corrected chi connectivity index (χ4v) is 2.77. The van der Waals surface area contributed by atoms with Crippen molar-refractivity contribution in [3.8, 4) is 0 Å². The Morgan fingerprint density at radius 2 is 1.96 bits per heavy atom. The second kappa shape index (κ2) is 8.20. The number of rotatable bonds is 4. The maximum absolute atomic E-state index is 12.5. The standard InChI is InChI=1S/C19H17F3N4O2/c20-19(21,22)15-4-1-13(2-5-15)3-6-17(27)24-10-18(28)26-8-7-16-14(11-26)9-23-12-25-16/h1-6,9,12H,7-8,10-11H2,(H,24,27)/b6-3+. The Balaban J connectivity index is 1.49. The third-order valence-electron chi connectivity index (χ3n) is 4.29. The average molecular weight is 390 g/mol. The van der Waals surface area contributed by atoms with Crippen LogP contribution in [-0.4, -0.2) is 39.8 Å². The van der Waals surface area contributed by atoms with Crippen molar-refractivity contribution in [1.29, 1.82) is 0 Å². The van der Waals surface area contributed by atoms with Crippen molar-refractivity contribution in [2.24, 2.45) is 0 Å². The minimum atomic E-state index is -4.40. The summed E-state index contributed by atoms with van der Waals surface area (Å²) in [5.74, 6) is -0.736. The van der Waals surface area contributed by atoms with E-state index >= 15 is 0 Å². The molecule has 1 aliphatic heterocycles. The maximum atomic E-state index is 12.5. The molecule has 0 fully saturated rings. The molecule has 0 radical (unpaired) electrons. The highest BCUT2D eigenvalue weighted by molar-refractivity contribution is 5.94. The topological polar surface area (TPSA) is 75.2 Å². The molecule has 3 rings (SSSR count). The van der Waals surface area contributed by atoms with Gasteiger partial charge in [-0.05, 0) is 23.8 Å². The van der Waals surface area contributed by atoms with Gasteiger partial charge in [-0.1, -0.05) is 12.1 Å². The van der Waals surface area contributed by atoms with E-state index in [2.05, 4.69) is 15.3 Å². The smallest absolute Gasteiger partial charge is 0.343 e. The molecule has 1 N–H and O–H groups in total. The number of hydrogen-bond acceptors (Lipinski definition) is 4. The van der Waals surface area contributed by atoms with E-state index in [0.717, 1.165) is 23.4 Å². The molecule has 1 aromatic heterocycles. The van der Waals surface area contributed by atoms with Gasteiger partial charge in [0.25, 0.3) is 0 Å². The van der Waals surface area contributed by atoms with E-state index < -0.39 is 17.6 Å². The van der Waals surface area contributed by atoms with E-state index in [4.69, 9.17) is 0 Å². The first kappa shape index (κ1) is 19.5. The van der Waals surface area contributed by atoms with Crippen LogP contribution in [0.1, 0.15) is 22.4 Å². The molecule has 0 atom stereocenters. The van der Waals surface area contributed by atoms with Gasteiger partial charge in [0.15, 0.2) is 0 Å². The number of nitrogens with one attached hydrogen (secondary N) is 1. The molecule has 6 nitrogen and oxygen atoms in total. The van der Waals surface area contributed by atoms with Crippen molar-refractivity contribution in [2.45, 2.75) is 19.1 Å². The van der Waals surface area contributed by atoms with Crippen molar-refractivity contribution in [2.75, 3.05) is 13.1 Å². The molecule has 2 aromatic rings. The molecular formula is C19H17F3N4O2.